The van der Waals surface area contributed by atoms with Gasteiger partial charge in [-0.25, -0.2) is 0 Å². The van der Waals surface area contributed by atoms with Crippen molar-refractivity contribution in [1.29, 1.82) is 0 Å². The van der Waals surface area contributed by atoms with Gasteiger partial charge in [0.1, 0.15) is 0 Å². The molecule has 1 aromatic rings. The normalized spacial score (nSPS) is 11.7. The van der Waals surface area contributed by atoms with Crippen molar-refractivity contribution in [3.05, 3.63) is 39.8 Å². The van der Waals surface area contributed by atoms with E-state index in [0.29, 0.717) is 15.0 Å². The molecule has 0 nitrogen and oxygen atoms in total. The van der Waals surface area contributed by atoms with Crippen molar-refractivity contribution >= 4 is 35.3 Å². The van der Waals surface area contributed by atoms with Crippen molar-refractivity contribution in [3.8, 4) is 0 Å². The van der Waals surface area contributed by atoms with Crippen molar-refractivity contribution in [1.82, 2.24) is 0 Å². The first-order valence-corrected chi connectivity index (χ1v) is 7.92. The zero-order valence-electron chi connectivity index (χ0n) is 9.08. The van der Waals surface area contributed by atoms with Crippen molar-refractivity contribution in [2.45, 2.75) is 32.6 Å². The van der Waals surface area contributed by atoms with E-state index in [0.717, 1.165) is 0 Å². The molecule has 1 rings (SSSR count). The molecule has 1 aromatic carbocycles. The van der Waals surface area contributed by atoms with Crippen LogP contribution < -0.4 is 4.46 Å². The maximum absolute atomic E-state index is 3.66. The van der Waals surface area contributed by atoms with Gasteiger partial charge in [0.05, 0.1) is 0 Å². The quantitative estimate of drug-likeness (QED) is 0.549. The summed E-state index contributed by atoms with van der Waals surface area (Å²) in [6, 6.07) is 10.7. The van der Waals surface area contributed by atoms with Gasteiger partial charge in [-0.2, -0.15) is 0 Å². The van der Waals surface area contributed by atoms with Crippen molar-refractivity contribution < 1.29 is 0 Å². The van der Waals surface area contributed by atoms with Crippen LogP contribution in [-0.2, 0) is 0 Å². The van der Waals surface area contributed by atoms with Crippen molar-refractivity contribution in [2.75, 3.05) is 0 Å². The van der Waals surface area contributed by atoms with E-state index >= 15 is 0 Å². The zero-order chi connectivity index (χ0) is 10.9. The third-order valence-corrected chi connectivity index (χ3v) is 5.06. The van der Waals surface area contributed by atoms with E-state index in [1.54, 1.807) is 0 Å². The number of unbranched alkanes of at least 4 members (excludes halogenated alkanes) is 3. The van der Waals surface area contributed by atoms with Gasteiger partial charge in [0, 0.05) is 0 Å². The van der Waals surface area contributed by atoms with Gasteiger partial charge in [-0.05, 0) is 0 Å². The molecular formula is C13H17BrSe. The third-order valence-electron chi connectivity index (χ3n) is 2.07. The first-order chi connectivity index (χ1) is 7.33. The van der Waals surface area contributed by atoms with Crippen molar-refractivity contribution in [2.24, 2.45) is 0 Å². The Bertz CT molecular complexity index is 293. The minimum absolute atomic E-state index is 0.452. The van der Waals surface area contributed by atoms with Crippen LogP contribution >= 0.6 is 15.9 Å². The molecular weight excluding hydrogens is 315 g/mol. The summed E-state index contributed by atoms with van der Waals surface area (Å²) in [5.74, 6) is 0. The summed E-state index contributed by atoms with van der Waals surface area (Å²) in [6.45, 7) is 2.24. The van der Waals surface area contributed by atoms with Crippen LogP contribution in [0.1, 0.15) is 32.6 Å². The predicted molar refractivity (Wildman–Crippen MR) is 73.0 cm³/mol. The molecule has 2 heteroatoms. The number of hydrogen-bond donors (Lipinski definition) is 0. The molecule has 0 heterocycles. The Morgan fingerprint density at radius 2 is 2.00 bits per heavy atom. The van der Waals surface area contributed by atoms with E-state index in [4.69, 9.17) is 0 Å². The average molecular weight is 332 g/mol. The van der Waals surface area contributed by atoms with Gasteiger partial charge in [0.2, 0.25) is 0 Å². The SMILES string of the molecule is CCCCC/C=C(\Br)[Se]c1ccccc1. The van der Waals surface area contributed by atoms with Gasteiger partial charge in [0.25, 0.3) is 0 Å². The first kappa shape index (κ1) is 13.0. The molecule has 0 aliphatic rings. The second-order valence-electron chi connectivity index (χ2n) is 3.42. The van der Waals surface area contributed by atoms with Crippen LogP contribution in [0.4, 0.5) is 0 Å². The number of rotatable bonds is 6. The Kier molecular flexibility index (Phi) is 7.08. The van der Waals surface area contributed by atoms with Crippen LogP contribution in [0.15, 0.2) is 39.8 Å². The maximum atomic E-state index is 3.66. The Hall–Kier alpha value is -0.0405. The third kappa shape index (κ3) is 6.19. The van der Waals surface area contributed by atoms with Crippen LogP contribution in [0.25, 0.3) is 0 Å². The molecule has 0 radical (unpaired) electrons. The summed E-state index contributed by atoms with van der Waals surface area (Å²) in [4.78, 5) is 0. The Morgan fingerprint density at radius 1 is 1.27 bits per heavy atom. The fraction of sp³-hybridized carbons (Fsp3) is 0.385. The summed E-state index contributed by atoms with van der Waals surface area (Å²) < 4.78 is 2.81. The summed E-state index contributed by atoms with van der Waals surface area (Å²) in [5.41, 5.74) is 0. The summed E-state index contributed by atoms with van der Waals surface area (Å²) in [7, 11) is 0. The van der Waals surface area contributed by atoms with Crippen LogP contribution in [0, 0.1) is 0 Å². The molecule has 0 unspecified atom stereocenters. The summed E-state index contributed by atoms with van der Waals surface area (Å²) in [5, 5.41) is 0. The second kappa shape index (κ2) is 8.15. The molecule has 0 N–H and O–H groups in total. The van der Waals surface area contributed by atoms with E-state index in [1.165, 1.54) is 33.5 Å². The van der Waals surface area contributed by atoms with Gasteiger partial charge in [-0.1, -0.05) is 0 Å². The van der Waals surface area contributed by atoms with E-state index in [-0.39, 0.29) is 0 Å². The molecule has 82 valence electrons. The molecule has 0 amide bonds. The van der Waals surface area contributed by atoms with Crippen LogP contribution in [0.5, 0.6) is 0 Å². The van der Waals surface area contributed by atoms with E-state index in [2.05, 4.69) is 59.3 Å². The van der Waals surface area contributed by atoms with Crippen molar-refractivity contribution in [3.63, 3.8) is 0 Å². The van der Waals surface area contributed by atoms with Crippen LogP contribution in [0.3, 0.4) is 0 Å². The topological polar surface area (TPSA) is 0 Å². The molecule has 0 saturated heterocycles. The standard InChI is InChI=1S/C13H17BrSe/c1-2-3-4-8-11-13(14)15-12-9-6-5-7-10-12/h5-7,9-11H,2-4,8H2,1H3/b13-11+. The van der Waals surface area contributed by atoms with Gasteiger partial charge >= 0.3 is 108 Å². The molecule has 0 aliphatic heterocycles. The van der Waals surface area contributed by atoms with E-state index in [9.17, 15) is 0 Å². The fourth-order valence-corrected chi connectivity index (χ4v) is 3.96. The molecule has 0 spiro atoms. The molecule has 15 heavy (non-hydrogen) atoms. The Labute approximate surface area is 107 Å². The first-order valence-electron chi connectivity index (χ1n) is 5.41. The summed E-state index contributed by atoms with van der Waals surface area (Å²) in [6.07, 6.45) is 7.51. The number of allylic oxidation sites excluding steroid dienone is 1. The fourth-order valence-electron chi connectivity index (χ4n) is 1.25. The van der Waals surface area contributed by atoms with Gasteiger partial charge in [0.15, 0.2) is 0 Å². The molecule has 0 atom stereocenters. The predicted octanol–water partition coefficient (Wildman–Crippen LogP) is 3.83. The monoisotopic (exact) mass is 332 g/mol. The Balaban J connectivity index is 2.32. The number of hydrogen-bond acceptors (Lipinski definition) is 0. The minimum atomic E-state index is 0.452. The molecule has 0 fully saturated rings. The van der Waals surface area contributed by atoms with Gasteiger partial charge in [-0.3, -0.25) is 0 Å². The van der Waals surface area contributed by atoms with E-state index in [1.807, 2.05) is 0 Å². The Morgan fingerprint density at radius 3 is 2.67 bits per heavy atom. The van der Waals surface area contributed by atoms with E-state index < -0.39 is 0 Å². The average Bonchev–Trinajstić information content (AvgIpc) is 2.26. The molecule has 0 bridgehead atoms. The number of benzene rings is 1. The van der Waals surface area contributed by atoms with Gasteiger partial charge < -0.3 is 0 Å². The second-order valence-corrected chi connectivity index (χ2v) is 7.79. The summed E-state index contributed by atoms with van der Waals surface area (Å²) >= 11 is 4.11. The zero-order valence-corrected chi connectivity index (χ0v) is 12.4. The van der Waals surface area contributed by atoms with Crippen LogP contribution in [0.2, 0.25) is 0 Å². The van der Waals surface area contributed by atoms with Gasteiger partial charge in [-0.15, -0.1) is 0 Å². The number of halogens is 1. The molecule has 0 saturated carbocycles. The molecule has 0 aliphatic carbocycles. The van der Waals surface area contributed by atoms with Crippen LogP contribution in [-0.4, -0.2) is 15.0 Å². The molecule has 0 aromatic heterocycles.